The fourth-order valence-corrected chi connectivity index (χ4v) is 4.27. The molecule has 1 saturated heterocycles. The molecule has 0 radical (unpaired) electrons. The van der Waals surface area contributed by atoms with Gasteiger partial charge in [-0.3, -0.25) is 14.4 Å². The normalized spacial score (nSPS) is 13.8. The van der Waals surface area contributed by atoms with Crippen LogP contribution in [0.5, 0.6) is 5.75 Å². The summed E-state index contributed by atoms with van der Waals surface area (Å²) in [6, 6.07) is 16.8. The minimum Gasteiger partial charge on any atom is -0.483 e. The number of benzene rings is 3. The third-order valence-electron chi connectivity index (χ3n) is 5.69. The number of ether oxygens (including phenoxy) is 1. The number of nitrogens with one attached hydrogen (secondary N) is 3. The van der Waals surface area contributed by atoms with E-state index in [1.165, 1.54) is 30.3 Å². The number of aryl methyl sites for hydroxylation is 1. The Morgan fingerprint density at radius 1 is 1.03 bits per heavy atom. The van der Waals surface area contributed by atoms with E-state index in [2.05, 4.69) is 31.9 Å². The molecule has 1 fully saturated rings. The Bertz CT molecular complexity index is 1460. The zero-order valence-electron chi connectivity index (χ0n) is 20.8. The van der Waals surface area contributed by atoms with E-state index in [0.717, 1.165) is 16.9 Å². The minimum absolute atomic E-state index is 0.0148. The number of carbonyl (C=O) groups is 4. The largest absolute Gasteiger partial charge is 0.483 e. The number of para-hydroxylation sites is 1. The molecule has 1 aliphatic rings. The summed E-state index contributed by atoms with van der Waals surface area (Å²) in [5.41, 5.74) is 2.59. The van der Waals surface area contributed by atoms with Gasteiger partial charge in [0.25, 0.3) is 11.8 Å². The molecule has 3 aromatic rings. The second-order valence-electron chi connectivity index (χ2n) is 8.47. The van der Waals surface area contributed by atoms with Crippen LogP contribution in [0, 0.1) is 5.82 Å². The van der Waals surface area contributed by atoms with Gasteiger partial charge in [-0.1, -0.05) is 31.2 Å². The lowest BCUT2D eigenvalue weighted by Gasteiger charge is -2.13. The van der Waals surface area contributed by atoms with E-state index in [9.17, 15) is 23.6 Å². The third-order valence-corrected chi connectivity index (χ3v) is 6.31. The first kappa shape index (κ1) is 27.5. The van der Waals surface area contributed by atoms with E-state index in [4.69, 9.17) is 4.74 Å². The summed E-state index contributed by atoms with van der Waals surface area (Å²) in [4.78, 5) is 50.7. The van der Waals surface area contributed by atoms with E-state index >= 15 is 0 Å². The molecule has 0 aliphatic carbocycles. The van der Waals surface area contributed by atoms with Crippen LogP contribution < -0.4 is 20.7 Å². The summed E-state index contributed by atoms with van der Waals surface area (Å²) < 4.78 is 19.1. The smallest absolute Gasteiger partial charge is 0.329 e. The van der Waals surface area contributed by atoms with Crippen molar-refractivity contribution in [3.05, 3.63) is 93.8 Å². The van der Waals surface area contributed by atoms with Gasteiger partial charge >= 0.3 is 6.03 Å². The number of imide groups is 1. The number of hydrogen-bond donors (Lipinski definition) is 3. The van der Waals surface area contributed by atoms with Crippen LogP contribution in [0.1, 0.15) is 18.1 Å². The number of hydrogen-bond acceptors (Lipinski definition) is 5. The lowest BCUT2D eigenvalue weighted by Crippen LogP contribution is -2.38. The molecule has 0 unspecified atom stereocenters. The van der Waals surface area contributed by atoms with Crippen molar-refractivity contribution >= 4 is 57.1 Å². The zero-order valence-corrected chi connectivity index (χ0v) is 22.4. The summed E-state index contributed by atoms with van der Waals surface area (Å²) >= 11 is 3.37. The zero-order chi connectivity index (χ0) is 27.9. The first-order chi connectivity index (χ1) is 18.7. The van der Waals surface area contributed by atoms with E-state index in [0.29, 0.717) is 27.2 Å². The summed E-state index contributed by atoms with van der Waals surface area (Å²) in [7, 11) is 0. The number of amides is 5. The van der Waals surface area contributed by atoms with Gasteiger partial charge in [-0.25, -0.2) is 14.1 Å². The third kappa shape index (κ3) is 7.08. The number of nitrogens with zero attached hydrogens (tertiary/aromatic N) is 1. The minimum atomic E-state index is -0.698. The summed E-state index contributed by atoms with van der Waals surface area (Å²) in [5.74, 6) is -1.59. The van der Waals surface area contributed by atoms with Gasteiger partial charge in [0, 0.05) is 11.4 Å². The Labute approximate surface area is 232 Å². The van der Waals surface area contributed by atoms with Gasteiger partial charge in [0.2, 0.25) is 5.91 Å². The van der Waals surface area contributed by atoms with Crippen LogP contribution in [0.3, 0.4) is 0 Å². The predicted molar refractivity (Wildman–Crippen MR) is 147 cm³/mol. The van der Waals surface area contributed by atoms with Gasteiger partial charge in [0.05, 0.1) is 4.47 Å². The van der Waals surface area contributed by atoms with E-state index in [-0.39, 0.29) is 12.3 Å². The molecule has 0 saturated carbocycles. The van der Waals surface area contributed by atoms with Crippen LogP contribution >= 0.6 is 15.9 Å². The van der Waals surface area contributed by atoms with Crippen molar-refractivity contribution in [3.8, 4) is 5.75 Å². The van der Waals surface area contributed by atoms with Crippen molar-refractivity contribution < 1.29 is 28.3 Å². The van der Waals surface area contributed by atoms with Crippen molar-refractivity contribution in [2.24, 2.45) is 0 Å². The molecule has 5 amide bonds. The Hall–Kier alpha value is -4.51. The first-order valence-electron chi connectivity index (χ1n) is 11.9. The SMILES string of the molecule is CCc1ccccc1NC(=O)CN1C(=O)N/C(=C/c2ccc(OCC(=O)Nc3ccc(F)cc3)c(Br)c2)C1=O. The summed E-state index contributed by atoms with van der Waals surface area (Å²) in [6.07, 6.45) is 2.19. The molecule has 0 bridgehead atoms. The van der Waals surface area contributed by atoms with Crippen LogP contribution in [0.4, 0.5) is 20.6 Å². The average molecular weight is 595 g/mol. The first-order valence-corrected chi connectivity index (χ1v) is 12.7. The fourth-order valence-electron chi connectivity index (χ4n) is 3.76. The molecular weight excluding hydrogens is 571 g/mol. The quantitative estimate of drug-likeness (QED) is 0.245. The molecule has 3 aromatic carbocycles. The Morgan fingerprint density at radius 2 is 1.77 bits per heavy atom. The second kappa shape index (κ2) is 12.4. The van der Waals surface area contributed by atoms with Crippen molar-refractivity contribution in [2.75, 3.05) is 23.8 Å². The predicted octanol–water partition coefficient (Wildman–Crippen LogP) is 4.70. The lowest BCUT2D eigenvalue weighted by atomic mass is 10.1. The molecular formula is C28H24BrFN4O5. The van der Waals surface area contributed by atoms with Crippen LogP contribution in [-0.4, -0.2) is 41.8 Å². The number of carbonyl (C=O) groups excluding carboxylic acids is 4. The van der Waals surface area contributed by atoms with Gasteiger partial charge in [-0.15, -0.1) is 0 Å². The van der Waals surface area contributed by atoms with Crippen LogP contribution in [0.2, 0.25) is 0 Å². The van der Waals surface area contributed by atoms with Crippen LogP contribution in [-0.2, 0) is 20.8 Å². The molecule has 1 heterocycles. The topological polar surface area (TPSA) is 117 Å². The molecule has 4 rings (SSSR count). The number of halogens is 2. The molecule has 3 N–H and O–H groups in total. The molecule has 0 aromatic heterocycles. The molecule has 0 spiro atoms. The van der Waals surface area contributed by atoms with Crippen LogP contribution in [0.25, 0.3) is 6.08 Å². The molecule has 0 atom stereocenters. The Morgan fingerprint density at radius 3 is 2.49 bits per heavy atom. The monoisotopic (exact) mass is 594 g/mol. The van der Waals surface area contributed by atoms with Crippen molar-refractivity contribution in [1.29, 1.82) is 0 Å². The molecule has 1 aliphatic heterocycles. The summed E-state index contributed by atoms with van der Waals surface area (Å²) in [5, 5.41) is 7.84. The highest BCUT2D eigenvalue weighted by Gasteiger charge is 2.35. The molecule has 39 heavy (non-hydrogen) atoms. The summed E-state index contributed by atoms with van der Waals surface area (Å²) in [6.45, 7) is 1.24. The maximum absolute atomic E-state index is 13.0. The molecule has 11 heteroatoms. The number of urea groups is 1. The van der Waals surface area contributed by atoms with Crippen molar-refractivity contribution in [1.82, 2.24) is 10.2 Å². The van der Waals surface area contributed by atoms with Crippen LogP contribution in [0.15, 0.2) is 76.9 Å². The maximum atomic E-state index is 13.0. The highest BCUT2D eigenvalue weighted by atomic mass is 79.9. The average Bonchev–Trinajstić information content (AvgIpc) is 3.17. The Kier molecular flexibility index (Phi) is 8.72. The van der Waals surface area contributed by atoms with Gasteiger partial charge < -0.3 is 20.7 Å². The maximum Gasteiger partial charge on any atom is 0.329 e. The Balaban J connectivity index is 1.35. The van der Waals surface area contributed by atoms with E-state index in [1.807, 2.05) is 19.1 Å². The number of anilines is 2. The molecule has 9 nitrogen and oxygen atoms in total. The van der Waals surface area contributed by atoms with Gasteiger partial charge in [0.1, 0.15) is 23.8 Å². The van der Waals surface area contributed by atoms with Gasteiger partial charge in [-0.2, -0.15) is 0 Å². The second-order valence-corrected chi connectivity index (χ2v) is 9.33. The standard InChI is InChI=1S/C28H24BrFN4O5/c1-2-18-5-3-4-6-22(18)32-25(35)15-34-27(37)23(33-28(34)38)14-17-7-12-24(21(29)13-17)39-16-26(36)31-20-10-8-19(30)9-11-20/h3-14H,2,15-16H2,1H3,(H,31,36)(H,32,35)(H,33,38)/b23-14+. The van der Waals surface area contributed by atoms with E-state index < -0.39 is 36.1 Å². The number of rotatable bonds is 9. The highest BCUT2D eigenvalue weighted by molar-refractivity contribution is 9.10. The lowest BCUT2D eigenvalue weighted by molar-refractivity contribution is -0.127. The fraction of sp³-hybridized carbons (Fsp3) is 0.143. The van der Waals surface area contributed by atoms with Crippen molar-refractivity contribution in [2.45, 2.75) is 13.3 Å². The van der Waals surface area contributed by atoms with Crippen molar-refractivity contribution in [3.63, 3.8) is 0 Å². The molecule has 200 valence electrons. The van der Waals surface area contributed by atoms with Gasteiger partial charge in [-0.05, 0) is 82.0 Å². The van der Waals surface area contributed by atoms with E-state index in [1.54, 1.807) is 30.3 Å². The van der Waals surface area contributed by atoms with Gasteiger partial charge in [0.15, 0.2) is 6.61 Å². The highest BCUT2D eigenvalue weighted by Crippen LogP contribution is 2.27.